The quantitative estimate of drug-likeness (QED) is 0.213. The lowest BCUT2D eigenvalue weighted by molar-refractivity contribution is 0.669. The molecule has 0 aliphatic carbocycles. The summed E-state index contributed by atoms with van der Waals surface area (Å²) in [4.78, 5) is 0. The molecule has 14 radical (unpaired) electrons. The predicted octanol–water partition coefficient (Wildman–Crippen LogP) is 2.40. The first kappa shape index (κ1) is 33.7. The van der Waals surface area contributed by atoms with Crippen molar-refractivity contribution in [3.63, 3.8) is 0 Å². The molecule has 1 nitrogen and oxygen atoms in total. The third-order valence-electron chi connectivity index (χ3n) is 9.82. The van der Waals surface area contributed by atoms with Crippen LogP contribution in [0.3, 0.4) is 0 Å². The van der Waals surface area contributed by atoms with Gasteiger partial charge in [-0.25, -0.2) is 0 Å². The van der Waals surface area contributed by atoms with Gasteiger partial charge in [0, 0.05) is 10.8 Å². The van der Waals surface area contributed by atoms with E-state index in [2.05, 4.69) is 37.4 Å². The van der Waals surface area contributed by atoms with Crippen molar-refractivity contribution in [2.24, 2.45) is 0 Å². The summed E-state index contributed by atoms with van der Waals surface area (Å²) in [5, 5.41) is 7.19. The lowest BCUT2D eigenvalue weighted by atomic mass is 9.59. The van der Waals surface area contributed by atoms with Crippen molar-refractivity contribution in [2.75, 3.05) is 0 Å². The Hall–Kier alpha value is -5.47. The van der Waals surface area contributed by atoms with E-state index in [1.165, 1.54) is 0 Å². The van der Waals surface area contributed by atoms with Crippen LogP contribution in [0.25, 0.3) is 90.0 Å². The summed E-state index contributed by atoms with van der Waals surface area (Å²) in [6.45, 7) is 8.50. The standard InChI is InChI=1S/C44H23B7O/c1-22-8-3-4-9-23(2)20-24(17-16-22)34-38-28(10-5-13-30(38)45)36(29-11-6-14-31(46)39(29)34)27-12-7-15-32-37(27)26-19-18-25(21-33(26)52-32)35-40(47)42(49)44(51)43(50)41(35)48/h3-21H,1-2H2. The Morgan fingerprint density at radius 1 is 0.385 bits per heavy atom. The monoisotopic (exact) mass is 644 g/mol. The maximum absolute atomic E-state index is 6.93. The van der Waals surface area contributed by atoms with Gasteiger partial charge >= 0.3 is 0 Å². The van der Waals surface area contributed by atoms with Crippen molar-refractivity contribution in [2.45, 2.75) is 0 Å². The molecule has 8 rings (SSSR count). The molecule has 0 aliphatic rings. The molecule has 0 fully saturated rings. The minimum Gasteiger partial charge on any atom is -0.456 e. The number of hydrogen-bond donors (Lipinski definition) is 0. The fourth-order valence-electron chi connectivity index (χ4n) is 7.38. The third-order valence-corrected chi connectivity index (χ3v) is 9.82. The van der Waals surface area contributed by atoms with E-state index in [1.807, 2.05) is 91.0 Å². The molecule has 0 saturated heterocycles. The van der Waals surface area contributed by atoms with E-state index >= 15 is 0 Å². The van der Waals surface area contributed by atoms with Crippen LogP contribution in [0.1, 0.15) is 0 Å². The molecule has 0 saturated carbocycles. The zero-order chi connectivity index (χ0) is 36.4. The zero-order valence-electron chi connectivity index (χ0n) is 28.3. The lowest BCUT2D eigenvalue weighted by Gasteiger charge is -2.21. The van der Waals surface area contributed by atoms with E-state index in [0.29, 0.717) is 33.2 Å². The normalized spacial score (nSPS) is 11.4. The molecule has 7 aromatic carbocycles. The van der Waals surface area contributed by atoms with Gasteiger partial charge in [-0.15, -0.1) is 16.4 Å². The fraction of sp³-hybridized carbons (Fsp3) is 0. The molecule has 1 heterocycles. The molecule has 1 aromatic heterocycles. The molecule has 0 aliphatic heterocycles. The van der Waals surface area contributed by atoms with Gasteiger partial charge in [-0.2, -0.15) is 0 Å². The zero-order valence-corrected chi connectivity index (χ0v) is 28.3. The molecule has 0 spiro atoms. The number of benzene rings is 6. The molecule has 0 bridgehead atoms. The summed E-state index contributed by atoms with van der Waals surface area (Å²) in [6, 6.07) is 37.8. The summed E-state index contributed by atoms with van der Waals surface area (Å²) in [5.74, 6) is 0. The first-order chi connectivity index (χ1) is 25.0. The summed E-state index contributed by atoms with van der Waals surface area (Å²) >= 11 is 0. The van der Waals surface area contributed by atoms with E-state index in [4.69, 9.17) is 59.3 Å². The largest absolute Gasteiger partial charge is 0.456 e. The van der Waals surface area contributed by atoms with Gasteiger partial charge in [0.1, 0.15) is 66.1 Å². The molecule has 52 heavy (non-hydrogen) atoms. The van der Waals surface area contributed by atoms with Gasteiger partial charge in [-0.05, 0) is 89.6 Å². The van der Waals surface area contributed by atoms with Crippen LogP contribution >= 0.6 is 0 Å². The second-order valence-corrected chi connectivity index (χ2v) is 13.0. The van der Waals surface area contributed by atoms with Crippen LogP contribution in [0.5, 0.6) is 0 Å². The first-order valence-corrected chi connectivity index (χ1v) is 16.7. The number of furan rings is 1. The van der Waals surface area contributed by atoms with E-state index < -0.39 is 0 Å². The molecule has 226 valence electrons. The Bertz CT molecular complexity index is 2890. The van der Waals surface area contributed by atoms with Crippen LogP contribution in [-0.2, 0) is 0 Å². The van der Waals surface area contributed by atoms with Crippen LogP contribution in [0.15, 0.2) is 120 Å². The first-order valence-electron chi connectivity index (χ1n) is 16.7. The Morgan fingerprint density at radius 3 is 1.60 bits per heavy atom. The second kappa shape index (κ2) is 12.9. The maximum atomic E-state index is 6.93. The Kier molecular flexibility index (Phi) is 8.38. The minimum absolute atomic E-state index is 0.164. The van der Waals surface area contributed by atoms with Crippen molar-refractivity contribution in [3.8, 4) is 33.4 Å². The highest BCUT2D eigenvalue weighted by molar-refractivity contribution is 6.68. The molecule has 8 heteroatoms. The lowest BCUT2D eigenvalue weighted by Crippen LogP contribution is -2.55. The Balaban J connectivity index is 1.48. The van der Waals surface area contributed by atoms with Gasteiger partial charge in [-0.1, -0.05) is 126 Å². The number of fused-ring (bicyclic) bond motifs is 5. The van der Waals surface area contributed by atoms with Crippen LogP contribution in [0.4, 0.5) is 0 Å². The van der Waals surface area contributed by atoms with E-state index in [0.717, 1.165) is 65.0 Å². The van der Waals surface area contributed by atoms with Gasteiger partial charge in [0.2, 0.25) is 0 Å². The highest BCUT2D eigenvalue weighted by Crippen LogP contribution is 2.46. The van der Waals surface area contributed by atoms with Gasteiger partial charge in [-0.3, -0.25) is 0 Å². The molecule has 8 aromatic rings. The van der Waals surface area contributed by atoms with Crippen LogP contribution in [0.2, 0.25) is 0 Å². The van der Waals surface area contributed by atoms with E-state index in [1.54, 1.807) is 0 Å². The molecule has 0 atom stereocenters. The molecule has 0 amide bonds. The number of hydrogen-bond acceptors (Lipinski definition) is 1. The fourth-order valence-corrected chi connectivity index (χ4v) is 7.38. The molecule has 0 N–H and O–H groups in total. The molecular weight excluding hydrogens is 620 g/mol. The highest BCUT2D eigenvalue weighted by Gasteiger charge is 2.22. The van der Waals surface area contributed by atoms with Crippen molar-refractivity contribution >= 4 is 150 Å². The minimum atomic E-state index is 0.164. The Morgan fingerprint density at radius 2 is 0.942 bits per heavy atom. The van der Waals surface area contributed by atoms with Gasteiger partial charge < -0.3 is 4.42 Å². The van der Waals surface area contributed by atoms with E-state index in [-0.39, 0.29) is 27.3 Å². The smallest absolute Gasteiger partial charge is 0.136 e. The topological polar surface area (TPSA) is 13.1 Å². The third kappa shape index (κ3) is 5.36. The van der Waals surface area contributed by atoms with Crippen molar-refractivity contribution < 1.29 is 4.42 Å². The van der Waals surface area contributed by atoms with Gasteiger partial charge in [0.25, 0.3) is 0 Å². The van der Waals surface area contributed by atoms with Crippen LogP contribution in [-0.4, -0.2) is 54.9 Å². The average molecular weight is 643 g/mol. The second-order valence-electron chi connectivity index (χ2n) is 13.0. The maximum Gasteiger partial charge on any atom is 0.136 e. The molecule has 0 unspecified atom stereocenters. The summed E-state index contributed by atoms with van der Waals surface area (Å²) in [5.41, 5.74) is 8.61. The highest BCUT2D eigenvalue weighted by atomic mass is 16.3. The van der Waals surface area contributed by atoms with Crippen LogP contribution < -0.4 is 48.7 Å². The summed E-state index contributed by atoms with van der Waals surface area (Å²) in [7, 11) is 45.2. The van der Waals surface area contributed by atoms with E-state index in [9.17, 15) is 0 Å². The van der Waals surface area contributed by atoms with Gasteiger partial charge in [0.05, 0.1) is 0 Å². The summed E-state index contributed by atoms with van der Waals surface area (Å²) in [6.07, 6.45) is 0. The Labute approximate surface area is 312 Å². The molecular formula is C44H23B7O. The van der Waals surface area contributed by atoms with Crippen molar-refractivity contribution in [1.82, 2.24) is 0 Å². The van der Waals surface area contributed by atoms with Gasteiger partial charge in [0.15, 0.2) is 0 Å². The average Bonchev–Trinajstić information content (AvgIpc) is 3.51. The van der Waals surface area contributed by atoms with Crippen molar-refractivity contribution in [1.29, 1.82) is 0 Å². The predicted molar refractivity (Wildman–Crippen MR) is 231 cm³/mol. The van der Waals surface area contributed by atoms with Crippen molar-refractivity contribution in [3.05, 3.63) is 126 Å². The van der Waals surface area contributed by atoms with Crippen LogP contribution in [0, 0.1) is 0 Å². The summed E-state index contributed by atoms with van der Waals surface area (Å²) < 4.78 is 6.53. The number of rotatable bonds is 3. The SMILES string of the molecule is [B]c1c([B])c([B])c(-c2ccc3c(c2)oc2cccc(-c4c5cccc([B])c5c(-c5ccc(=C)ccccc(=C)c5)c5c([B])cccc45)c23)c([B])c1[B].